The molecule has 13 heteroatoms. The van der Waals surface area contributed by atoms with Gasteiger partial charge in [0.2, 0.25) is 0 Å². The number of carbonyl (C=O) groups is 2. The molecule has 1 heterocycles. The van der Waals surface area contributed by atoms with Crippen LogP contribution in [-0.4, -0.2) is 31.4 Å². The molecular formula is C15H12F4N2O5S2. The van der Waals surface area contributed by atoms with Crippen LogP contribution in [0.3, 0.4) is 0 Å². The molecule has 0 aliphatic heterocycles. The lowest BCUT2D eigenvalue weighted by molar-refractivity contribution is -0.140. The molecule has 0 spiro atoms. The van der Waals surface area contributed by atoms with Crippen molar-refractivity contribution < 1.29 is 40.7 Å². The predicted octanol–water partition coefficient (Wildman–Crippen LogP) is 2.11. The van der Waals surface area contributed by atoms with Gasteiger partial charge in [-0.2, -0.15) is 17.5 Å². The molecule has 0 fully saturated rings. The number of rotatable bonds is 5. The van der Waals surface area contributed by atoms with E-state index >= 15 is 0 Å². The molecule has 2 amide bonds. The number of nitrogens with two attached hydrogens (primary N) is 1. The lowest BCUT2D eigenvalue weighted by atomic mass is 10.2. The zero-order valence-electron chi connectivity index (χ0n) is 13.9. The molecule has 1 aromatic carbocycles. The van der Waals surface area contributed by atoms with Gasteiger partial charge < -0.3 is 10.8 Å². The van der Waals surface area contributed by atoms with Crippen molar-refractivity contribution in [3.8, 4) is 0 Å². The van der Waals surface area contributed by atoms with Crippen LogP contribution in [0.25, 0.3) is 0 Å². The van der Waals surface area contributed by atoms with E-state index in [4.69, 9.17) is 5.73 Å². The average Bonchev–Trinajstić information content (AvgIpc) is 3.02. The Hall–Kier alpha value is -2.51. The second kappa shape index (κ2) is 7.48. The number of hydrogen-bond acceptors (Lipinski definition) is 6. The van der Waals surface area contributed by atoms with Crippen LogP contribution in [-0.2, 0) is 21.0 Å². The van der Waals surface area contributed by atoms with Crippen LogP contribution >= 0.6 is 11.3 Å². The zero-order chi connectivity index (χ0) is 21.4. The van der Waals surface area contributed by atoms with Crippen LogP contribution in [0.2, 0.25) is 0 Å². The number of thiophene rings is 1. The number of nitrogens with zero attached hydrogens (tertiary/aromatic N) is 1. The molecule has 1 aromatic heterocycles. The minimum absolute atomic E-state index is 0.0403. The number of sulfonamides is 1. The highest BCUT2D eigenvalue weighted by Gasteiger charge is 2.43. The number of aliphatic hydroxyl groups is 1. The molecule has 0 saturated heterocycles. The molecule has 7 nitrogen and oxygen atoms in total. The summed E-state index contributed by atoms with van der Waals surface area (Å²) >= 11 is 0.528. The van der Waals surface area contributed by atoms with Crippen molar-refractivity contribution in [3.63, 3.8) is 0 Å². The molecular weight excluding hydrogens is 428 g/mol. The first kappa shape index (κ1) is 21.8. The Balaban J connectivity index is 2.83. The fraction of sp³-hybridized carbons (Fsp3) is 0.200. The van der Waals surface area contributed by atoms with Crippen LogP contribution in [0.15, 0.2) is 34.5 Å². The van der Waals surface area contributed by atoms with Crippen molar-refractivity contribution in [3.05, 3.63) is 46.6 Å². The first-order valence-electron chi connectivity index (χ1n) is 7.29. The van der Waals surface area contributed by atoms with Crippen LogP contribution in [0.5, 0.6) is 0 Å². The first-order chi connectivity index (χ1) is 12.8. The Labute approximate surface area is 160 Å². The normalized spacial score (nSPS) is 13.2. The highest BCUT2D eigenvalue weighted by molar-refractivity contribution is 7.93. The molecule has 28 heavy (non-hydrogen) atoms. The Morgan fingerprint density at radius 3 is 2.36 bits per heavy atom. The monoisotopic (exact) mass is 440 g/mol. The summed E-state index contributed by atoms with van der Waals surface area (Å²) in [5, 5.41) is 10.1. The highest BCUT2D eigenvalue weighted by atomic mass is 32.2. The van der Waals surface area contributed by atoms with Gasteiger partial charge in [-0.15, -0.1) is 11.3 Å². The quantitative estimate of drug-likeness (QED) is 0.691. The number of alkyl halides is 3. The molecule has 0 saturated carbocycles. The zero-order valence-corrected chi connectivity index (χ0v) is 15.5. The summed E-state index contributed by atoms with van der Waals surface area (Å²) in [6, 6.07) is 1.83. The summed E-state index contributed by atoms with van der Waals surface area (Å²) in [5.41, 5.74) is 2.80. The molecule has 152 valence electrons. The number of benzene rings is 1. The lowest BCUT2D eigenvalue weighted by Gasteiger charge is -2.24. The van der Waals surface area contributed by atoms with Gasteiger partial charge in [-0.25, -0.2) is 12.8 Å². The van der Waals surface area contributed by atoms with Crippen molar-refractivity contribution in [1.29, 1.82) is 0 Å². The Morgan fingerprint density at radius 1 is 1.25 bits per heavy atom. The van der Waals surface area contributed by atoms with Crippen molar-refractivity contribution >= 4 is 38.2 Å². The van der Waals surface area contributed by atoms with Gasteiger partial charge >= 0.3 is 6.18 Å². The van der Waals surface area contributed by atoms with Crippen LogP contribution < -0.4 is 10.0 Å². The highest BCUT2D eigenvalue weighted by Crippen LogP contribution is 2.39. The number of primary amides is 1. The minimum Gasteiger partial charge on any atom is -0.384 e. The summed E-state index contributed by atoms with van der Waals surface area (Å²) in [6.45, 7) is 0.887. The van der Waals surface area contributed by atoms with Crippen LogP contribution in [0, 0.1) is 5.82 Å². The van der Waals surface area contributed by atoms with E-state index in [-0.39, 0.29) is 10.4 Å². The van der Waals surface area contributed by atoms with Crippen molar-refractivity contribution in [2.24, 2.45) is 5.73 Å². The van der Waals surface area contributed by atoms with E-state index in [2.05, 4.69) is 0 Å². The molecule has 0 radical (unpaired) electrons. The van der Waals surface area contributed by atoms with Gasteiger partial charge in [-0.3, -0.25) is 9.59 Å². The Bertz CT molecular complexity index is 1030. The Morgan fingerprint density at radius 2 is 1.86 bits per heavy atom. The Kier molecular flexibility index (Phi) is 5.82. The van der Waals surface area contributed by atoms with Gasteiger partial charge in [0, 0.05) is 0 Å². The number of anilines is 1. The van der Waals surface area contributed by atoms with E-state index < -0.39 is 61.0 Å². The number of carbonyl (C=O) groups excluding carboxylic acids is 2. The second-order valence-electron chi connectivity index (χ2n) is 5.43. The maximum Gasteiger partial charge on any atom is 0.417 e. The van der Waals surface area contributed by atoms with E-state index in [1.54, 1.807) is 0 Å². The molecule has 0 aliphatic rings. The third-order valence-corrected chi connectivity index (χ3v) is 6.19. The second-order valence-corrected chi connectivity index (χ2v) is 8.08. The summed E-state index contributed by atoms with van der Waals surface area (Å²) in [7, 11) is -5.32. The van der Waals surface area contributed by atoms with Crippen molar-refractivity contribution in [1.82, 2.24) is 0 Å². The SMILES string of the molecule is C[C@H](O)C(=O)N(c1sccc1C(N)=O)S(=O)(=O)c1ccc(F)cc1C(F)(F)F. The molecule has 2 aromatic rings. The number of aliphatic hydroxyl groups excluding tert-OH is 1. The van der Waals surface area contributed by atoms with Gasteiger partial charge in [0.15, 0.2) is 0 Å². The van der Waals surface area contributed by atoms with E-state index in [1.165, 1.54) is 5.38 Å². The van der Waals surface area contributed by atoms with Crippen LogP contribution in [0.4, 0.5) is 22.6 Å². The third kappa shape index (κ3) is 4.00. The first-order valence-corrected chi connectivity index (χ1v) is 9.61. The average molecular weight is 440 g/mol. The lowest BCUT2D eigenvalue weighted by Crippen LogP contribution is -2.43. The number of amides is 2. The molecule has 0 aliphatic carbocycles. The van der Waals surface area contributed by atoms with E-state index in [0.717, 1.165) is 13.0 Å². The minimum atomic E-state index is -5.32. The maximum atomic E-state index is 13.3. The largest absolute Gasteiger partial charge is 0.417 e. The van der Waals surface area contributed by atoms with Crippen molar-refractivity contribution in [2.75, 3.05) is 4.31 Å². The molecule has 3 N–H and O–H groups in total. The fourth-order valence-corrected chi connectivity index (χ4v) is 5.02. The molecule has 2 rings (SSSR count). The number of halogens is 4. The van der Waals surface area contributed by atoms with Crippen LogP contribution in [0.1, 0.15) is 22.8 Å². The molecule has 0 bridgehead atoms. The summed E-state index contributed by atoms with van der Waals surface area (Å²) in [4.78, 5) is 22.4. The topological polar surface area (TPSA) is 118 Å². The van der Waals surface area contributed by atoms with Gasteiger partial charge in [-0.05, 0) is 36.6 Å². The van der Waals surface area contributed by atoms with Gasteiger partial charge in [-0.1, -0.05) is 0 Å². The predicted molar refractivity (Wildman–Crippen MR) is 90.6 cm³/mol. The third-order valence-electron chi connectivity index (χ3n) is 3.42. The number of hydrogen-bond donors (Lipinski definition) is 2. The van der Waals surface area contributed by atoms with Gasteiger partial charge in [0.05, 0.1) is 11.1 Å². The summed E-state index contributed by atoms with van der Waals surface area (Å²) < 4.78 is 78.9. The van der Waals surface area contributed by atoms with Gasteiger partial charge in [0.25, 0.3) is 21.8 Å². The molecule has 0 unspecified atom stereocenters. The van der Waals surface area contributed by atoms with Crippen molar-refractivity contribution in [2.45, 2.75) is 24.1 Å². The maximum absolute atomic E-state index is 13.3. The smallest absolute Gasteiger partial charge is 0.384 e. The summed E-state index contributed by atoms with van der Waals surface area (Å²) in [5.74, 6) is -4.03. The summed E-state index contributed by atoms with van der Waals surface area (Å²) in [6.07, 6.45) is -7.22. The fourth-order valence-electron chi connectivity index (χ4n) is 2.19. The van der Waals surface area contributed by atoms with E-state index in [0.29, 0.717) is 23.5 Å². The van der Waals surface area contributed by atoms with E-state index in [1.807, 2.05) is 0 Å². The molecule has 1 atom stereocenters. The standard InChI is InChI=1S/C15H12F4N2O5S2/c1-7(22)13(24)21(14-9(12(20)23)4-5-27-14)28(25,26)11-3-2-8(16)6-10(11)15(17,18)19/h2-7,22H,1H3,(H2,20,23)/t7-/m0/s1. The van der Waals surface area contributed by atoms with Gasteiger partial charge in [0.1, 0.15) is 21.8 Å². The van der Waals surface area contributed by atoms with E-state index in [9.17, 15) is 40.7 Å².